The Balaban J connectivity index is 2.70. The summed E-state index contributed by atoms with van der Waals surface area (Å²) in [5.41, 5.74) is 5.27. The van der Waals surface area contributed by atoms with Crippen LogP contribution in [0.25, 0.3) is 0 Å². The van der Waals surface area contributed by atoms with Gasteiger partial charge in [0.25, 0.3) is 10.0 Å². The Morgan fingerprint density at radius 3 is 2.62 bits per heavy atom. The summed E-state index contributed by atoms with van der Waals surface area (Å²) in [4.78, 5) is 0.235. The molecule has 0 amide bonds. The van der Waals surface area contributed by atoms with E-state index in [2.05, 4.69) is 9.71 Å². The van der Waals surface area contributed by atoms with Gasteiger partial charge in [0.05, 0.1) is 4.91 Å². The van der Waals surface area contributed by atoms with E-state index in [1.54, 1.807) is 0 Å². The largest absolute Gasteiger partial charge is 0.383 e. The van der Waals surface area contributed by atoms with Gasteiger partial charge in [0.2, 0.25) is 0 Å². The van der Waals surface area contributed by atoms with Gasteiger partial charge in [-0.25, -0.2) is 0 Å². The molecule has 3 N–H and O–H groups in total. The van der Waals surface area contributed by atoms with Crippen LogP contribution in [0.15, 0.2) is 15.4 Å². The molecule has 74 valence electrons. The molecule has 1 aliphatic rings. The second kappa shape index (κ2) is 3.47. The summed E-state index contributed by atoms with van der Waals surface area (Å²) in [6.45, 7) is 4.16. The van der Waals surface area contributed by atoms with Gasteiger partial charge in [0.15, 0.2) is 0 Å². The van der Waals surface area contributed by atoms with Gasteiger partial charge in [0.1, 0.15) is 5.84 Å². The average Bonchev–Trinajstić information content (AvgIpc) is 2.19. The highest BCUT2D eigenvalue weighted by Gasteiger charge is 2.22. The van der Waals surface area contributed by atoms with Gasteiger partial charge in [-0.2, -0.15) is 8.42 Å². The van der Waals surface area contributed by atoms with E-state index in [1.807, 2.05) is 13.8 Å². The first-order chi connectivity index (χ1) is 5.92. The van der Waals surface area contributed by atoms with Crippen LogP contribution in [0.5, 0.6) is 0 Å². The number of hydrogen-bond acceptors (Lipinski definition) is 4. The molecule has 0 aromatic rings. The summed E-state index contributed by atoms with van der Waals surface area (Å²) in [5.74, 6) is 0.0561. The molecular formula is C7H13N3O2S. The van der Waals surface area contributed by atoms with Crippen LogP contribution < -0.4 is 11.1 Å². The number of amidine groups is 1. The molecule has 1 heterocycles. The molecule has 1 aliphatic heterocycles. The molecule has 1 rings (SSSR count). The Bertz CT molecular complexity index is 354. The van der Waals surface area contributed by atoms with Gasteiger partial charge < -0.3 is 11.1 Å². The standard InChI is InChI=1S/C7H13N3O2S/c1-5(2)9-4-6-3-7(8)10-13(6,11)12/h3,5,9H,4H2,1-2H3,(H2,8,10). The summed E-state index contributed by atoms with van der Waals surface area (Å²) in [7, 11) is -3.47. The minimum absolute atomic E-state index is 0.0561. The van der Waals surface area contributed by atoms with Crippen LogP contribution in [0.4, 0.5) is 0 Å². The molecule has 0 fully saturated rings. The van der Waals surface area contributed by atoms with Crippen molar-refractivity contribution in [2.75, 3.05) is 6.54 Å². The molecule has 0 radical (unpaired) electrons. The molecule has 0 saturated carbocycles. The van der Waals surface area contributed by atoms with Crippen molar-refractivity contribution in [2.24, 2.45) is 10.1 Å². The number of nitrogens with zero attached hydrogens (tertiary/aromatic N) is 1. The van der Waals surface area contributed by atoms with Gasteiger partial charge in [-0.15, -0.1) is 4.40 Å². The van der Waals surface area contributed by atoms with E-state index in [9.17, 15) is 8.42 Å². The van der Waals surface area contributed by atoms with Crippen molar-refractivity contribution in [3.05, 3.63) is 11.0 Å². The summed E-state index contributed by atoms with van der Waals surface area (Å²) >= 11 is 0. The highest BCUT2D eigenvalue weighted by molar-refractivity contribution is 7.94. The molecule has 0 aliphatic carbocycles. The second-order valence-electron chi connectivity index (χ2n) is 3.14. The lowest BCUT2D eigenvalue weighted by molar-refractivity contribution is 0.594. The molecule has 0 unspecified atom stereocenters. The Morgan fingerprint density at radius 1 is 1.62 bits per heavy atom. The van der Waals surface area contributed by atoms with Gasteiger partial charge in [-0.1, -0.05) is 13.8 Å². The maximum atomic E-state index is 11.2. The molecule has 0 bridgehead atoms. The van der Waals surface area contributed by atoms with E-state index in [1.165, 1.54) is 6.08 Å². The highest BCUT2D eigenvalue weighted by atomic mass is 32.2. The number of hydrogen-bond donors (Lipinski definition) is 2. The third kappa shape index (κ3) is 2.53. The lowest BCUT2D eigenvalue weighted by Gasteiger charge is -2.06. The lowest BCUT2D eigenvalue weighted by atomic mass is 10.4. The quantitative estimate of drug-likeness (QED) is 0.651. The van der Waals surface area contributed by atoms with E-state index in [4.69, 9.17) is 5.73 Å². The third-order valence-electron chi connectivity index (χ3n) is 1.55. The Hall–Kier alpha value is -0.880. The van der Waals surface area contributed by atoms with Gasteiger partial charge in [0, 0.05) is 12.6 Å². The molecular weight excluding hydrogens is 190 g/mol. The molecule has 0 atom stereocenters. The average molecular weight is 203 g/mol. The minimum Gasteiger partial charge on any atom is -0.383 e. The summed E-state index contributed by atoms with van der Waals surface area (Å²) < 4.78 is 25.7. The normalized spacial score (nSPS) is 20.2. The van der Waals surface area contributed by atoms with Crippen molar-refractivity contribution >= 4 is 15.9 Å². The smallest absolute Gasteiger partial charge is 0.281 e. The van der Waals surface area contributed by atoms with Gasteiger partial charge in [-0.05, 0) is 6.08 Å². The number of nitrogens with two attached hydrogens (primary N) is 1. The Kier molecular flexibility index (Phi) is 2.72. The van der Waals surface area contributed by atoms with E-state index in [0.717, 1.165) is 0 Å². The molecule has 0 spiro atoms. The first kappa shape index (κ1) is 10.2. The van der Waals surface area contributed by atoms with Crippen molar-refractivity contribution < 1.29 is 8.42 Å². The molecule has 0 aromatic carbocycles. The third-order valence-corrected chi connectivity index (χ3v) is 2.93. The lowest BCUT2D eigenvalue weighted by Crippen LogP contribution is -2.26. The fourth-order valence-corrected chi connectivity index (χ4v) is 1.89. The van der Waals surface area contributed by atoms with E-state index >= 15 is 0 Å². The maximum absolute atomic E-state index is 11.2. The van der Waals surface area contributed by atoms with Gasteiger partial charge in [-0.3, -0.25) is 0 Å². The van der Waals surface area contributed by atoms with E-state index in [-0.39, 0.29) is 23.3 Å². The Labute approximate surface area is 77.8 Å². The predicted molar refractivity (Wildman–Crippen MR) is 51.8 cm³/mol. The highest BCUT2D eigenvalue weighted by Crippen LogP contribution is 2.13. The molecule has 0 saturated heterocycles. The molecule has 6 heteroatoms. The van der Waals surface area contributed by atoms with Crippen molar-refractivity contribution in [1.82, 2.24) is 5.32 Å². The van der Waals surface area contributed by atoms with Crippen LogP contribution in [0.3, 0.4) is 0 Å². The van der Waals surface area contributed by atoms with Crippen LogP contribution in [0.2, 0.25) is 0 Å². The van der Waals surface area contributed by atoms with Crippen molar-refractivity contribution in [3.8, 4) is 0 Å². The fourth-order valence-electron chi connectivity index (χ4n) is 0.910. The van der Waals surface area contributed by atoms with Crippen LogP contribution in [0.1, 0.15) is 13.8 Å². The van der Waals surface area contributed by atoms with E-state index < -0.39 is 10.0 Å². The molecule has 5 nitrogen and oxygen atoms in total. The molecule has 0 aromatic heterocycles. The fraction of sp³-hybridized carbons (Fsp3) is 0.571. The molecule has 13 heavy (non-hydrogen) atoms. The SMILES string of the molecule is CC(C)NCC1=CC(N)=NS1(=O)=O. The van der Waals surface area contributed by atoms with Crippen LogP contribution in [-0.4, -0.2) is 26.8 Å². The van der Waals surface area contributed by atoms with Gasteiger partial charge >= 0.3 is 0 Å². The number of rotatable bonds is 3. The van der Waals surface area contributed by atoms with Crippen molar-refractivity contribution in [2.45, 2.75) is 19.9 Å². The first-order valence-electron chi connectivity index (χ1n) is 3.96. The first-order valence-corrected chi connectivity index (χ1v) is 5.40. The summed E-state index contributed by atoms with van der Waals surface area (Å²) in [6, 6.07) is 0.234. The van der Waals surface area contributed by atoms with Crippen molar-refractivity contribution in [3.63, 3.8) is 0 Å². The topological polar surface area (TPSA) is 84.5 Å². The number of nitrogens with one attached hydrogen (secondary N) is 1. The van der Waals surface area contributed by atoms with Crippen LogP contribution >= 0.6 is 0 Å². The van der Waals surface area contributed by atoms with Crippen molar-refractivity contribution in [1.29, 1.82) is 0 Å². The number of sulfonamides is 1. The zero-order valence-corrected chi connectivity index (χ0v) is 8.43. The maximum Gasteiger partial charge on any atom is 0.281 e. The zero-order valence-electron chi connectivity index (χ0n) is 7.61. The zero-order chi connectivity index (χ0) is 10.1. The Morgan fingerprint density at radius 2 is 2.23 bits per heavy atom. The summed E-state index contributed by atoms with van der Waals surface area (Å²) in [5, 5.41) is 2.99. The van der Waals surface area contributed by atoms with E-state index in [0.29, 0.717) is 0 Å². The monoisotopic (exact) mass is 203 g/mol. The second-order valence-corrected chi connectivity index (χ2v) is 4.79. The van der Waals surface area contributed by atoms with Crippen LogP contribution in [0, 0.1) is 0 Å². The summed E-state index contributed by atoms with van der Waals surface area (Å²) in [6.07, 6.45) is 1.38. The predicted octanol–water partition coefficient (Wildman–Crippen LogP) is -0.431. The minimum atomic E-state index is -3.47. The van der Waals surface area contributed by atoms with Crippen LogP contribution in [-0.2, 0) is 10.0 Å².